The van der Waals surface area contributed by atoms with Gasteiger partial charge in [0, 0.05) is 5.92 Å². The molecule has 4 rings (SSSR count). The minimum absolute atomic E-state index is 0.0219. The first kappa shape index (κ1) is 17.5. The van der Waals surface area contributed by atoms with Crippen molar-refractivity contribution in [2.45, 2.75) is 23.7 Å². The van der Waals surface area contributed by atoms with Gasteiger partial charge in [-0.3, -0.25) is 4.79 Å². The van der Waals surface area contributed by atoms with Crippen molar-refractivity contribution in [3.8, 4) is 0 Å². The number of halogens is 3. The zero-order chi connectivity index (χ0) is 18.9. The number of nitrogens with zero attached hydrogens (tertiary/aromatic N) is 1. The number of allylic oxidation sites excluding steroid dienone is 2. The van der Waals surface area contributed by atoms with Crippen LogP contribution in [0.5, 0.6) is 0 Å². The normalized spacial score (nSPS) is 33.2. The lowest BCUT2D eigenvalue weighted by Crippen LogP contribution is -2.38. The van der Waals surface area contributed by atoms with E-state index < -0.39 is 50.7 Å². The Morgan fingerprint density at radius 1 is 1.12 bits per heavy atom. The molecule has 1 heterocycles. The summed E-state index contributed by atoms with van der Waals surface area (Å²) in [6.07, 6.45) is -1.51. The molecule has 6 nitrogen and oxygen atoms in total. The second-order valence-corrected chi connectivity index (χ2v) is 8.21. The highest BCUT2D eigenvalue weighted by atomic mass is 32.2. The van der Waals surface area contributed by atoms with Crippen LogP contribution in [0.3, 0.4) is 0 Å². The van der Waals surface area contributed by atoms with Crippen LogP contribution < -0.4 is 0 Å². The summed E-state index contributed by atoms with van der Waals surface area (Å²) in [5.41, 5.74) is -1.01. The van der Waals surface area contributed by atoms with Crippen LogP contribution in [0.1, 0.15) is 12.0 Å². The molecular weight excluding hydrogens is 375 g/mol. The van der Waals surface area contributed by atoms with Crippen molar-refractivity contribution < 1.29 is 35.8 Å². The summed E-state index contributed by atoms with van der Waals surface area (Å²) in [5, 5.41) is 10.8. The smallest absolute Gasteiger partial charge is 0.371 e. The Kier molecular flexibility index (Phi) is 3.73. The summed E-state index contributed by atoms with van der Waals surface area (Å²) < 4.78 is 67.2. The van der Waals surface area contributed by atoms with Crippen LogP contribution in [0.15, 0.2) is 41.3 Å². The lowest BCUT2D eigenvalue weighted by atomic mass is 9.85. The summed E-state index contributed by atoms with van der Waals surface area (Å²) in [4.78, 5) is 11.9. The van der Waals surface area contributed by atoms with Gasteiger partial charge < -0.3 is 5.11 Å². The maximum atomic E-state index is 12.6. The molecule has 1 aromatic carbocycles. The van der Waals surface area contributed by atoms with E-state index >= 15 is 0 Å². The van der Waals surface area contributed by atoms with Gasteiger partial charge in [0.05, 0.1) is 16.4 Å². The van der Waals surface area contributed by atoms with Crippen LogP contribution in [0.25, 0.3) is 0 Å². The van der Waals surface area contributed by atoms with Crippen molar-refractivity contribution >= 4 is 16.0 Å². The van der Waals surface area contributed by atoms with Crippen molar-refractivity contribution in [3.63, 3.8) is 0 Å². The molecule has 1 saturated heterocycles. The number of carbonyl (C=O) groups excluding carboxylic acids is 1. The van der Waals surface area contributed by atoms with E-state index in [1.807, 2.05) is 12.2 Å². The van der Waals surface area contributed by atoms with Crippen molar-refractivity contribution in [1.29, 1.82) is 0 Å². The highest BCUT2D eigenvalue weighted by Crippen LogP contribution is 2.54. The first-order valence-electron chi connectivity index (χ1n) is 7.91. The average Bonchev–Trinajstić information content (AvgIpc) is 3.24. The number of aliphatic hydroxyl groups is 1. The Hall–Kier alpha value is -1.91. The molecule has 26 heavy (non-hydrogen) atoms. The van der Waals surface area contributed by atoms with Gasteiger partial charge in [-0.1, -0.05) is 12.2 Å². The number of hydrogen-bond acceptors (Lipinski definition) is 5. The second-order valence-electron chi connectivity index (χ2n) is 6.68. The average molecular weight is 389 g/mol. The molecule has 1 saturated carbocycles. The number of hydroxylamine groups is 2. The molecule has 1 N–H and O–H groups in total. The lowest BCUT2D eigenvalue weighted by molar-refractivity contribution is -0.181. The Bertz CT molecular complexity index is 880. The molecule has 1 amide bonds. The van der Waals surface area contributed by atoms with E-state index in [1.54, 1.807) is 0 Å². The molecular formula is C16H14F3NO5S. The zero-order valence-corrected chi connectivity index (χ0v) is 13.9. The Morgan fingerprint density at radius 2 is 1.73 bits per heavy atom. The summed E-state index contributed by atoms with van der Waals surface area (Å²) in [5.74, 6) is -1.70. The minimum atomic E-state index is -4.60. The van der Waals surface area contributed by atoms with Gasteiger partial charge in [0.15, 0.2) is 6.23 Å². The molecule has 1 aromatic rings. The SMILES string of the molecule is O=C1C2C3C=CC(C3)C2C(O)N1OS(=O)(=O)c1ccc(C(F)(F)F)cc1. The van der Waals surface area contributed by atoms with E-state index in [0.29, 0.717) is 17.2 Å². The molecule has 5 atom stereocenters. The zero-order valence-electron chi connectivity index (χ0n) is 13.1. The van der Waals surface area contributed by atoms with E-state index in [2.05, 4.69) is 0 Å². The van der Waals surface area contributed by atoms with Crippen LogP contribution in [0, 0.1) is 23.7 Å². The van der Waals surface area contributed by atoms with Crippen molar-refractivity contribution in [2.75, 3.05) is 0 Å². The molecule has 2 aliphatic carbocycles. The third-order valence-corrected chi connectivity index (χ3v) is 6.46. The van der Waals surface area contributed by atoms with Gasteiger partial charge in [-0.15, -0.1) is 4.28 Å². The van der Waals surface area contributed by atoms with E-state index in [1.165, 1.54) is 0 Å². The molecule has 5 unspecified atom stereocenters. The molecule has 0 radical (unpaired) electrons. The minimum Gasteiger partial charge on any atom is -0.371 e. The van der Waals surface area contributed by atoms with Gasteiger partial charge in [0.2, 0.25) is 0 Å². The third-order valence-electron chi connectivity index (χ3n) is 5.26. The van der Waals surface area contributed by atoms with Gasteiger partial charge >= 0.3 is 16.3 Å². The van der Waals surface area contributed by atoms with Gasteiger partial charge in [0.25, 0.3) is 5.91 Å². The van der Waals surface area contributed by atoms with Gasteiger partial charge in [-0.25, -0.2) is 0 Å². The second kappa shape index (κ2) is 5.54. The molecule has 0 aromatic heterocycles. The number of amides is 1. The van der Waals surface area contributed by atoms with Gasteiger partial charge in [-0.05, 0) is 42.5 Å². The topological polar surface area (TPSA) is 83.9 Å². The van der Waals surface area contributed by atoms with Gasteiger partial charge in [0.1, 0.15) is 0 Å². The number of alkyl halides is 3. The number of aliphatic hydroxyl groups excluding tert-OH is 1. The quantitative estimate of drug-likeness (QED) is 0.799. The van der Waals surface area contributed by atoms with Crippen molar-refractivity contribution in [2.24, 2.45) is 23.7 Å². The first-order valence-corrected chi connectivity index (χ1v) is 9.32. The number of fused-ring (bicyclic) bond motifs is 5. The monoisotopic (exact) mass is 389 g/mol. The van der Waals surface area contributed by atoms with E-state index in [0.717, 1.165) is 18.6 Å². The molecule has 10 heteroatoms. The maximum Gasteiger partial charge on any atom is 0.416 e. The number of carbonyl (C=O) groups is 1. The van der Waals surface area contributed by atoms with Crippen LogP contribution in [-0.4, -0.2) is 30.7 Å². The van der Waals surface area contributed by atoms with E-state index in [4.69, 9.17) is 4.28 Å². The fourth-order valence-corrected chi connectivity index (χ4v) is 5.02. The molecule has 0 spiro atoms. The highest BCUT2D eigenvalue weighted by molar-refractivity contribution is 7.86. The Morgan fingerprint density at radius 3 is 2.31 bits per heavy atom. The molecule has 2 fully saturated rings. The largest absolute Gasteiger partial charge is 0.416 e. The number of benzene rings is 1. The first-order chi connectivity index (χ1) is 12.1. The predicted molar refractivity (Wildman–Crippen MR) is 80.3 cm³/mol. The summed E-state index contributed by atoms with van der Waals surface area (Å²) in [6.45, 7) is 0. The van der Waals surface area contributed by atoms with E-state index in [-0.39, 0.29) is 11.8 Å². The summed E-state index contributed by atoms with van der Waals surface area (Å²) >= 11 is 0. The van der Waals surface area contributed by atoms with Crippen LogP contribution in [0.2, 0.25) is 0 Å². The van der Waals surface area contributed by atoms with Crippen molar-refractivity contribution in [3.05, 3.63) is 42.0 Å². The standard InChI is InChI=1S/C16H14F3NO5S/c17-16(18,19)10-3-5-11(6-4-10)26(23,24)25-20-14(21)12-8-1-2-9(7-8)13(12)15(20)22/h1-6,8-9,12-14,21H,7H2. The molecule has 140 valence electrons. The van der Waals surface area contributed by atoms with E-state index in [9.17, 15) is 31.5 Å². The summed E-state index contributed by atoms with van der Waals surface area (Å²) in [6, 6.07) is 2.71. The Labute approximate surface area is 146 Å². The number of rotatable bonds is 3. The number of hydrogen-bond donors (Lipinski definition) is 1. The van der Waals surface area contributed by atoms with Crippen LogP contribution in [-0.2, 0) is 25.4 Å². The molecule has 1 aliphatic heterocycles. The maximum absolute atomic E-state index is 12.6. The fraction of sp³-hybridized carbons (Fsp3) is 0.438. The summed E-state index contributed by atoms with van der Waals surface area (Å²) in [7, 11) is -4.56. The lowest BCUT2D eigenvalue weighted by Gasteiger charge is -2.23. The van der Waals surface area contributed by atoms with Crippen molar-refractivity contribution in [1.82, 2.24) is 5.06 Å². The van der Waals surface area contributed by atoms with Gasteiger partial charge in [-0.2, -0.15) is 26.7 Å². The highest BCUT2D eigenvalue weighted by Gasteiger charge is 2.60. The predicted octanol–water partition coefficient (Wildman–Crippen LogP) is 1.92. The molecule has 2 bridgehead atoms. The third kappa shape index (κ3) is 2.55. The Balaban J connectivity index is 1.56. The van der Waals surface area contributed by atoms with Crippen LogP contribution in [0.4, 0.5) is 13.2 Å². The van der Waals surface area contributed by atoms with Crippen LogP contribution >= 0.6 is 0 Å². The molecule has 3 aliphatic rings. The fourth-order valence-electron chi connectivity index (χ4n) is 4.09.